The molecule has 88 valence electrons. The van der Waals surface area contributed by atoms with Crippen LogP contribution in [0.1, 0.15) is 25.7 Å². The maximum absolute atomic E-state index is 5.26. The number of nitrogens with zero attached hydrogens (tertiary/aromatic N) is 2. The van der Waals surface area contributed by atoms with Crippen LogP contribution in [-0.2, 0) is 0 Å². The Morgan fingerprint density at radius 2 is 2.19 bits per heavy atom. The highest BCUT2D eigenvalue weighted by molar-refractivity contribution is 7.98. The van der Waals surface area contributed by atoms with Gasteiger partial charge in [-0.15, -0.1) is 0 Å². The van der Waals surface area contributed by atoms with Gasteiger partial charge in [-0.2, -0.15) is 0 Å². The first-order chi connectivity index (χ1) is 7.83. The van der Waals surface area contributed by atoms with Crippen molar-refractivity contribution in [1.82, 2.24) is 9.97 Å². The molecule has 1 aromatic heterocycles. The van der Waals surface area contributed by atoms with Crippen LogP contribution < -0.4 is 10.1 Å². The lowest BCUT2D eigenvalue weighted by Crippen LogP contribution is -2.16. The van der Waals surface area contributed by atoms with Crippen LogP contribution in [0.15, 0.2) is 11.4 Å². The lowest BCUT2D eigenvalue weighted by Gasteiger charge is -2.15. The Balaban J connectivity index is 2.15. The van der Waals surface area contributed by atoms with E-state index in [0.29, 0.717) is 6.04 Å². The highest BCUT2D eigenvalue weighted by Gasteiger charge is 2.17. The van der Waals surface area contributed by atoms with E-state index in [4.69, 9.17) is 4.74 Å². The average molecular weight is 239 g/mol. The minimum Gasteiger partial charge on any atom is -0.491 e. The lowest BCUT2D eigenvalue weighted by atomic mass is 10.2. The standard InChI is InChI=1S/C11H17N3OS/c1-15-9-7-12-11(16-2)14-10(9)13-8-5-3-4-6-8/h7-8H,3-6H2,1-2H3,(H,12,13,14). The molecule has 1 aliphatic carbocycles. The quantitative estimate of drug-likeness (QED) is 0.646. The summed E-state index contributed by atoms with van der Waals surface area (Å²) in [5.74, 6) is 1.55. The summed E-state index contributed by atoms with van der Waals surface area (Å²) in [7, 11) is 1.65. The number of hydrogen-bond acceptors (Lipinski definition) is 5. The molecular weight excluding hydrogens is 222 g/mol. The van der Waals surface area contributed by atoms with Crippen LogP contribution in [0, 0.1) is 0 Å². The fraction of sp³-hybridized carbons (Fsp3) is 0.636. The molecule has 0 bridgehead atoms. The summed E-state index contributed by atoms with van der Waals surface area (Å²) in [5, 5.41) is 4.22. The van der Waals surface area contributed by atoms with Gasteiger partial charge in [-0.25, -0.2) is 9.97 Å². The summed E-state index contributed by atoms with van der Waals surface area (Å²) >= 11 is 1.54. The molecule has 0 amide bonds. The number of methoxy groups -OCH3 is 1. The van der Waals surface area contributed by atoms with Crippen LogP contribution in [0.2, 0.25) is 0 Å². The summed E-state index contributed by atoms with van der Waals surface area (Å²) < 4.78 is 5.26. The first-order valence-electron chi connectivity index (χ1n) is 5.55. The monoisotopic (exact) mass is 239 g/mol. The summed E-state index contributed by atoms with van der Waals surface area (Å²) in [6.45, 7) is 0. The van der Waals surface area contributed by atoms with Crippen molar-refractivity contribution in [1.29, 1.82) is 0 Å². The second kappa shape index (κ2) is 5.39. The summed E-state index contributed by atoms with van der Waals surface area (Å²) in [6, 6.07) is 0.540. The number of ether oxygens (including phenoxy) is 1. The molecule has 1 fully saturated rings. The summed E-state index contributed by atoms with van der Waals surface area (Å²) in [5.41, 5.74) is 0. The van der Waals surface area contributed by atoms with E-state index in [0.717, 1.165) is 16.7 Å². The van der Waals surface area contributed by atoms with Crippen molar-refractivity contribution >= 4 is 17.6 Å². The molecule has 5 heteroatoms. The van der Waals surface area contributed by atoms with E-state index in [9.17, 15) is 0 Å². The van der Waals surface area contributed by atoms with Gasteiger partial charge in [-0.1, -0.05) is 24.6 Å². The number of rotatable bonds is 4. The molecule has 0 aliphatic heterocycles. The molecule has 1 saturated carbocycles. The molecule has 1 aromatic rings. The Hall–Kier alpha value is -0.970. The van der Waals surface area contributed by atoms with Gasteiger partial charge in [0.05, 0.1) is 13.3 Å². The molecule has 0 saturated heterocycles. The second-order valence-electron chi connectivity index (χ2n) is 3.90. The van der Waals surface area contributed by atoms with Gasteiger partial charge in [-0.3, -0.25) is 0 Å². The zero-order chi connectivity index (χ0) is 11.4. The van der Waals surface area contributed by atoms with Gasteiger partial charge >= 0.3 is 0 Å². The molecular formula is C11H17N3OS. The van der Waals surface area contributed by atoms with Crippen molar-refractivity contribution in [3.05, 3.63) is 6.20 Å². The highest BCUT2D eigenvalue weighted by Crippen LogP contribution is 2.27. The fourth-order valence-corrected chi connectivity index (χ4v) is 2.31. The number of thioether (sulfide) groups is 1. The van der Waals surface area contributed by atoms with Gasteiger partial charge in [-0.05, 0) is 19.1 Å². The number of hydrogen-bond donors (Lipinski definition) is 1. The van der Waals surface area contributed by atoms with E-state index >= 15 is 0 Å². The molecule has 1 N–H and O–H groups in total. The van der Waals surface area contributed by atoms with Crippen LogP contribution in [0.25, 0.3) is 0 Å². The summed E-state index contributed by atoms with van der Waals surface area (Å²) in [6.07, 6.45) is 8.77. The van der Waals surface area contributed by atoms with Crippen molar-refractivity contribution in [2.45, 2.75) is 36.9 Å². The molecule has 0 unspecified atom stereocenters. The third kappa shape index (κ3) is 2.58. The normalized spacial score (nSPS) is 16.4. The highest BCUT2D eigenvalue weighted by atomic mass is 32.2. The van der Waals surface area contributed by atoms with Crippen molar-refractivity contribution < 1.29 is 4.74 Å². The van der Waals surface area contributed by atoms with E-state index in [-0.39, 0.29) is 0 Å². The Bertz CT molecular complexity index is 353. The predicted molar refractivity (Wildman–Crippen MR) is 66.2 cm³/mol. The van der Waals surface area contributed by atoms with Gasteiger partial charge in [0.15, 0.2) is 16.7 Å². The van der Waals surface area contributed by atoms with E-state index in [1.165, 1.54) is 25.7 Å². The molecule has 16 heavy (non-hydrogen) atoms. The molecule has 0 radical (unpaired) electrons. The van der Waals surface area contributed by atoms with Crippen molar-refractivity contribution in [2.75, 3.05) is 18.7 Å². The third-order valence-electron chi connectivity index (χ3n) is 2.83. The molecule has 4 nitrogen and oxygen atoms in total. The van der Waals surface area contributed by atoms with Crippen LogP contribution >= 0.6 is 11.8 Å². The van der Waals surface area contributed by atoms with E-state index < -0.39 is 0 Å². The first-order valence-corrected chi connectivity index (χ1v) is 6.77. The molecule has 0 aromatic carbocycles. The maximum atomic E-state index is 5.26. The van der Waals surface area contributed by atoms with Gasteiger partial charge < -0.3 is 10.1 Å². The summed E-state index contributed by atoms with van der Waals surface area (Å²) in [4.78, 5) is 8.63. The Kier molecular flexibility index (Phi) is 3.88. The van der Waals surface area contributed by atoms with Gasteiger partial charge in [0.25, 0.3) is 0 Å². The third-order valence-corrected chi connectivity index (χ3v) is 3.39. The van der Waals surface area contributed by atoms with Crippen LogP contribution in [0.4, 0.5) is 5.82 Å². The van der Waals surface area contributed by atoms with Crippen molar-refractivity contribution in [2.24, 2.45) is 0 Å². The topological polar surface area (TPSA) is 47.0 Å². The zero-order valence-electron chi connectivity index (χ0n) is 9.69. The van der Waals surface area contributed by atoms with Crippen LogP contribution in [0.3, 0.4) is 0 Å². The Labute approximate surface area is 100 Å². The van der Waals surface area contributed by atoms with Gasteiger partial charge in [0.1, 0.15) is 0 Å². The smallest absolute Gasteiger partial charge is 0.189 e. The predicted octanol–water partition coefficient (Wildman–Crippen LogP) is 2.56. The maximum Gasteiger partial charge on any atom is 0.189 e. The van der Waals surface area contributed by atoms with E-state index in [1.54, 1.807) is 25.1 Å². The fourth-order valence-electron chi connectivity index (χ4n) is 1.97. The van der Waals surface area contributed by atoms with Crippen molar-refractivity contribution in [3.63, 3.8) is 0 Å². The Morgan fingerprint density at radius 3 is 2.81 bits per heavy atom. The second-order valence-corrected chi connectivity index (χ2v) is 4.67. The van der Waals surface area contributed by atoms with Gasteiger partial charge in [0, 0.05) is 6.04 Å². The van der Waals surface area contributed by atoms with Crippen molar-refractivity contribution in [3.8, 4) is 5.75 Å². The number of nitrogens with one attached hydrogen (secondary N) is 1. The molecule has 1 aliphatic rings. The molecule has 2 rings (SSSR count). The lowest BCUT2D eigenvalue weighted by molar-refractivity contribution is 0.410. The van der Waals surface area contributed by atoms with Gasteiger partial charge in [0.2, 0.25) is 0 Å². The van der Waals surface area contributed by atoms with E-state index in [1.807, 2.05) is 6.26 Å². The Morgan fingerprint density at radius 1 is 1.44 bits per heavy atom. The SMILES string of the molecule is COc1cnc(SC)nc1NC1CCCC1. The minimum atomic E-state index is 0.540. The molecule has 0 atom stereocenters. The average Bonchev–Trinajstić information content (AvgIpc) is 2.82. The molecule has 1 heterocycles. The minimum absolute atomic E-state index is 0.540. The zero-order valence-corrected chi connectivity index (χ0v) is 10.5. The number of aromatic nitrogens is 2. The molecule has 0 spiro atoms. The first kappa shape index (κ1) is 11.5. The van der Waals surface area contributed by atoms with E-state index in [2.05, 4.69) is 15.3 Å². The van der Waals surface area contributed by atoms with Crippen LogP contribution in [-0.4, -0.2) is 29.4 Å². The number of anilines is 1. The van der Waals surface area contributed by atoms with Crippen LogP contribution in [0.5, 0.6) is 5.75 Å². The largest absolute Gasteiger partial charge is 0.491 e.